The Kier molecular flexibility index (Phi) is 4.63. The van der Waals surface area contributed by atoms with E-state index >= 15 is 0 Å². The van der Waals surface area contributed by atoms with E-state index in [1.165, 1.54) is 25.7 Å². The molecule has 0 saturated heterocycles. The van der Waals surface area contributed by atoms with Gasteiger partial charge in [0.1, 0.15) is 6.20 Å². The highest BCUT2D eigenvalue weighted by atomic mass is 15.5. The minimum absolute atomic E-state index is 0.674. The van der Waals surface area contributed by atoms with E-state index in [1.807, 2.05) is 12.4 Å². The van der Waals surface area contributed by atoms with Gasteiger partial charge in [-0.15, -0.1) is 0 Å². The Morgan fingerprint density at radius 3 is 2.53 bits per heavy atom. The van der Waals surface area contributed by atoms with E-state index < -0.39 is 0 Å². The first-order valence-corrected chi connectivity index (χ1v) is 5.84. The second-order valence-electron chi connectivity index (χ2n) is 4.17. The zero-order chi connectivity index (χ0) is 11.1. The van der Waals surface area contributed by atoms with Crippen LogP contribution >= 0.6 is 0 Å². The summed E-state index contributed by atoms with van der Waals surface area (Å²) >= 11 is 0. The van der Waals surface area contributed by atoms with Crippen molar-refractivity contribution in [2.75, 3.05) is 13.2 Å². The van der Waals surface area contributed by atoms with Crippen LogP contribution in [-0.4, -0.2) is 22.6 Å². The highest BCUT2D eigenvalue weighted by Gasteiger charge is 2.26. The highest BCUT2D eigenvalue weighted by Crippen LogP contribution is 2.19. The Morgan fingerprint density at radius 1 is 1.27 bits per heavy atom. The molecule has 0 bridgehead atoms. The van der Waals surface area contributed by atoms with Gasteiger partial charge in [-0.05, 0) is 19.6 Å². The lowest BCUT2D eigenvalue weighted by atomic mass is 10.2. The average molecular weight is 207 g/mol. The summed E-state index contributed by atoms with van der Waals surface area (Å²) in [7, 11) is 0. The minimum Gasteiger partial charge on any atom is -0.326 e. The number of quaternary nitrogens is 1. The second kappa shape index (κ2) is 5.76. The summed E-state index contributed by atoms with van der Waals surface area (Å²) < 4.78 is 0.674. The smallest absolute Gasteiger partial charge is 0.167 e. The zero-order valence-corrected chi connectivity index (χ0v) is 9.86. The quantitative estimate of drug-likeness (QED) is 0.457. The predicted molar refractivity (Wildman–Crippen MR) is 65.5 cm³/mol. The largest absolute Gasteiger partial charge is 0.326 e. The maximum atomic E-state index is 3.85. The van der Waals surface area contributed by atoms with Crippen LogP contribution in [0.2, 0.25) is 0 Å². The van der Waals surface area contributed by atoms with Gasteiger partial charge in [-0.2, -0.15) is 0 Å². The Labute approximate surface area is 93.8 Å². The van der Waals surface area contributed by atoms with Gasteiger partial charge in [-0.1, -0.05) is 26.2 Å². The van der Waals surface area contributed by atoms with Crippen LogP contribution in [0.1, 0.15) is 32.6 Å². The molecule has 84 valence electrons. The first kappa shape index (κ1) is 12.1. The Balaban J connectivity index is 2.28. The summed E-state index contributed by atoms with van der Waals surface area (Å²) in [5.74, 6) is 0. The van der Waals surface area contributed by atoms with E-state index in [2.05, 4.69) is 37.4 Å². The molecule has 0 spiro atoms. The molecule has 0 amide bonds. The van der Waals surface area contributed by atoms with Crippen molar-refractivity contribution < 1.29 is 4.48 Å². The Hall–Kier alpha value is -1.02. The molecule has 0 N–H and O–H groups in total. The molecule has 0 aromatic heterocycles. The third-order valence-electron chi connectivity index (χ3n) is 2.96. The van der Waals surface area contributed by atoms with Gasteiger partial charge in [0.2, 0.25) is 0 Å². The average Bonchev–Trinajstić information content (AvgIpc) is 2.69. The second-order valence-corrected chi connectivity index (χ2v) is 4.17. The monoisotopic (exact) mass is 207 g/mol. The fourth-order valence-corrected chi connectivity index (χ4v) is 1.83. The van der Waals surface area contributed by atoms with Gasteiger partial charge in [0.25, 0.3) is 0 Å². The molecule has 0 aromatic rings. The summed E-state index contributed by atoms with van der Waals surface area (Å²) in [6.45, 7) is 12.1. The number of rotatable bonds is 7. The standard InChI is InChI=1S/C13H23N2/c1-4-7-8-9-10-14-11-12-15(5-2,6-3)13-14/h5-6,11-12H,2-4,7-10,13H2,1H3/q+1. The van der Waals surface area contributed by atoms with Crippen LogP contribution in [0.3, 0.4) is 0 Å². The molecule has 15 heavy (non-hydrogen) atoms. The van der Waals surface area contributed by atoms with E-state index in [9.17, 15) is 0 Å². The normalized spacial score (nSPS) is 18.1. The first-order chi connectivity index (χ1) is 7.26. The summed E-state index contributed by atoms with van der Waals surface area (Å²) in [5, 5.41) is 0. The van der Waals surface area contributed by atoms with Gasteiger partial charge in [0, 0.05) is 6.54 Å². The summed E-state index contributed by atoms with van der Waals surface area (Å²) in [6, 6.07) is 0. The Morgan fingerprint density at radius 2 is 2.00 bits per heavy atom. The molecule has 1 aliphatic heterocycles. The van der Waals surface area contributed by atoms with Crippen molar-refractivity contribution in [2.24, 2.45) is 0 Å². The molecule has 0 aromatic carbocycles. The van der Waals surface area contributed by atoms with Gasteiger partial charge in [-0.3, -0.25) is 0 Å². The summed E-state index contributed by atoms with van der Waals surface area (Å²) in [6.07, 6.45) is 13.4. The molecule has 0 radical (unpaired) electrons. The van der Waals surface area contributed by atoms with Crippen LogP contribution in [0.4, 0.5) is 0 Å². The van der Waals surface area contributed by atoms with Crippen molar-refractivity contribution in [1.29, 1.82) is 0 Å². The first-order valence-electron chi connectivity index (χ1n) is 5.84. The maximum absolute atomic E-state index is 3.85. The van der Waals surface area contributed by atoms with Gasteiger partial charge >= 0.3 is 0 Å². The molecule has 0 saturated carbocycles. The van der Waals surface area contributed by atoms with Crippen molar-refractivity contribution >= 4 is 0 Å². The molecule has 1 aliphatic rings. The molecule has 2 heteroatoms. The van der Waals surface area contributed by atoms with Gasteiger partial charge < -0.3 is 4.90 Å². The molecule has 0 aliphatic carbocycles. The van der Waals surface area contributed by atoms with Crippen LogP contribution in [0.5, 0.6) is 0 Å². The summed E-state index contributed by atoms with van der Waals surface area (Å²) in [4.78, 5) is 2.35. The van der Waals surface area contributed by atoms with E-state index in [-0.39, 0.29) is 0 Å². The van der Waals surface area contributed by atoms with E-state index in [0.29, 0.717) is 4.48 Å². The van der Waals surface area contributed by atoms with Crippen LogP contribution in [-0.2, 0) is 0 Å². The van der Waals surface area contributed by atoms with E-state index in [1.54, 1.807) is 0 Å². The van der Waals surface area contributed by atoms with Crippen molar-refractivity contribution in [3.8, 4) is 0 Å². The van der Waals surface area contributed by atoms with Crippen molar-refractivity contribution in [1.82, 2.24) is 4.90 Å². The summed E-state index contributed by atoms with van der Waals surface area (Å²) in [5.41, 5.74) is 0. The molecule has 1 heterocycles. The molecular weight excluding hydrogens is 184 g/mol. The number of unbranched alkanes of at least 4 members (excludes halogenated alkanes) is 3. The van der Waals surface area contributed by atoms with E-state index in [4.69, 9.17) is 0 Å². The van der Waals surface area contributed by atoms with Crippen LogP contribution in [0.25, 0.3) is 0 Å². The number of hydrogen-bond donors (Lipinski definition) is 0. The molecular formula is C13H23N2+. The predicted octanol–water partition coefficient (Wildman–Crippen LogP) is 3.41. The third-order valence-corrected chi connectivity index (χ3v) is 2.96. The van der Waals surface area contributed by atoms with Crippen molar-refractivity contribution in [2.45, 2.75) is 32.6 Å². The van der Waals surface area contributed by atoms with Gasteiger partial charge in [0.05, 0.1) is 18.6 Å². The molecule has 0 fully saturated rings. The van der Waals surface area contributed by atoms with Crippen molar-refractivity contribution in [3.63, 3.8) is 0 Å². The minimum atomic E-state index is 0.674. The highest BCUT2D eigenvalue weighted by molar-refractivity contribution is 4.88. The van der Waals surface area contributed by atoms with Crippen molar-refractivity contribution in [3.05, 3.63) is 38.0 Å². The van der Waals surface area contributed by atoms with Crippen LogP contribution < -0.4 is 0 Å². The third kappa shape index (κ3) is 3.24. The fraction of sp³-hybridized carbons (Fsp3) is 0.538. The Bertz CT molecular complexity index is 235. The van der Waals surface area contributed by atoms with Crippen LogP contribution in [0.15, 0.2) is 38.0 Å². The SMILES string of the molecule is C=C[N+]1(C=C)C=CN(CCCCCC)C1. The number of hydrogen-bond acceptors (Lipinski definition) is 1. The lowest BCUT2D eigenvalue weighted by molar-refractivity contribution is -0.775. The lowest BCUT2D eigenvalue weighted by Crippen LogP contribution is -2.34. The van der Waals surface area contributed by atoms with E-state index in [0.717, 1.165) is 13.2 Å². The number of nitrogens with zero attached hydrogens (tertiary/aromatic N) is 2. The van der Waals surface area contributed by atoms with Crippen LogP contribution in [0, 0.1) is 0 Å². The maximum Gasteiger partial charge on any atom is 0.167 e. The molecule has 0 unspecified atom stereocenters. The fourth-order valence-electron chi connectivity index (χ4n) is 1.83. The molecule has 2 nitrogen and oxygen atoms in total. The molecule has 0 atom stereocenters. The van der Waals surface area contributed by atoms with Gasteiger partial charge in [-0.25, -0.2) is 4.48 Å². The topological polar surface area (TPSA) is 3.24 Å². The zero-order valence-electron chi connectivity index (χ0n) is 9.86. The van der Waals surface area contributed by atoms with Gasteiger partial charge in [0.15, 0.2) is 6.67 Å². The molecule has 1 rings (SSSR count). The lowest BCUT2D eigenvalue weighted by Gasteiger charge is -2.24.